The van der Waals surface area contributed by atoms with Crippen LogP contribution in [0.5, 0.6) is 0 Å². The first-order valence-corrected chi connectivity index (χ1v) is 10.4. The van der Waals surface area contributed by atoms with Gasteiger partial charge in [-0.05, 0) is 63.4 Å². The number of hydrogen-bond acceptors (Lipinski definition) is 3. The summed E-state index contributed by atoms with van der Waals surface area (Å²) in [7, 11) is 0. The van der Waals surface area contributed by atoms with Crippen molar-refractivity contribution in [2.75, 3.05) is 0 Å². The number of fused-ring (bicyclic) bond motifs is 2. The Labute approximate surface area is 165 Å². The fraction of sp³-hybridized carbons (Fsp3) is 0.375. The van der Waals surface area contributed by atoms with Crippen LogP contribution >= 0.6 is 11.3 Å². The molecule has 0 aliphatic rings. The average Bonchev–Trinajstić information content (AvgIpc) is 3.17. The highest BCUT2D eigenvalue weighted by atomic mass is 32.1. The molecule has 3 heteroatoms. The molecule has 27 heavy (non-hydrogen) atoms. The second kappa shape index (κ2) is 6.49. The number of nitrogens with zero attached hydrogens (tertiary/aromatic N) is 1. The van der Waals surface area contributed by atoms with Gasteiger partial charge in [-0.2, -0.15) is 0 Å². The smallest absolute Gasteiger partial charge is 0.196 e. The maximum absolute atomic E-state index is 6.14. The largest absolute Gasteiger partial charge is 0.441 e. The molecule has 2 aromatic heterocycles. The molecule has 0 saturated heterocycles. The van der Waals surface area contributed by atoms with Gasteiger partial charge in [-0.15, -0.1) is 11.3 Å². The van der Waals surface area contributed by atoms with E-state index in [1.165, 1.54) is 21.2 Å². The van der Waals surface area contributed by atoms with Gasteiger partial charge in [-0.25, -0.2) is 4.98 Å². The summed E-state index contributed by atoms with van der Waals surface area (Å²) in [5.74, 6) is 0.814. The zero-order chi connectivity index (χ0) is 19.2. The third kappa shape index (κ3) is 3.93. The molecule has 4 aromatic rings. The van der Waals surface area contributed by atoms with E-state index in [0.717, 1.165) is 29.8 Å². The lowest BCUT2D eigenvalue weighted by atomic mass is 9.81. The van der Waals surface area contributed by atoms with Crippen LogP contribution in [0.15, 0.2) is 52.3 Å². The van der Waals surface area contributed by atoms with E-state index in [9.17, 15) is 0 Å². The number of thiophene rings is 1. The quantitative estimate of drug-likeness (QED) is 0.377. The summed E-state index contributed by atoms with van der Waals surface area (Å²) < 4.78 is 7.48. The van der Waals surface area contributed by atoms with Gasteiger partial charge in [0.05, 0.1) is 0 Å². The van der Waals surface area contributed by atoms with Crippen molar-refractivity contribution in [2.45, 2.75) is 52.9 Å². The summed E-state index contributed by atoms with van der Waals surface area (Å²) in [6.07, 6.45) is 1.82. The van der Waals surface area contributed by atoms with Crippen molar-refractivity contribution >= 4 is 32.5 Å². The standard InChI is InChI=1S/C24H27NOS/c1-23(2,3)14-16-6-9-19-20(12-16)26-22(25-19)15-24(4,5)18-8-7-17-10-11-27-21(17)13-18/h6-13H,14-15H2,1-5H3. The molecular formula is C24H27NOS. The molecule has 0 amide bonds. The van der Waals surface area contributed by atoms with Crippen molar-refractivity contribution in [3.8, 4) is 0 Å². The highest BCUT2D eigenvalue weighted by molar-refractivity contribution is 7.17. The van der Waals surface area contributed by atoms with E-state index in [-0.39, 0.29) is 10.8 Å². The second-order valence-corrected chi connectivity index (χ2v) is 10.3. The molecule has 0 spiro atoms. The van der Waals surface area contributed by atoms with Crippen LogP contribution in [0.1, 0.15) is 51.6 Å². The van der Waals surface area contributed by atoms with Crippen LogP contribution in [0.2, 0.25) is 0 Å². The SMILES string of the molecule is CC(C)(C)Cc1ccc2nc(CC(C)(C)c3ccc4ccsc4c3)oc2c1. The summed E-state index contributed by atoms with van der Waals surface area (Å²) in [5.41, 5.74) is 4.71. The van der Waals surface area contributed by atoms with Crippen LogP contribution in [-0.2, 0) is 18.3 Å². The molecule has 0 fully saturated rings. The molecule has 0 aliphatic carbocycles. The van der Waals surface area contributed by atoms with Gasteiger partial charge < -0.3 is 4.42 Å². The predicted molar refractivity (Wildman–Crippen MR) is 116 cm³/mol. The van der Waals surface area contributed by atoms with E-state index in [1.54, 1.807) is 11.3 Å². The fourth-order valence-corrected chi connectivity index (χ4v) is 4.50. The number of hydrogen-bond donors (Lipinski definition) is 0. The van der Waals surface area contributed by atoms with Gasteiger partial charge in [0.25, 0.3) is 0 Å². The van der Waals surface area contributed by atoms with E-state index < -0.39 is 0 Å². The highest BCUT2D eigenvalue weighted by Crippen LogP contribution is 2.33. The van der Waals surface area contributed by atoms with Crippen LogP contribution in [0.4, 0.5) is 0 Å². The highest BCUT2D eigenvalue weighted by Gasteiger charge is 2.25. The van der Waals surface area contributed by atoms with E-state index in [1.807, 2.05) is 0 Å². The van der Waals surface area contributed by atoms with Gasteiger partial charge in [0.1, 0.15) is 5.52 Å². The third-order valence-electron chi connectivity index (χ3n) is 5.06. The van der Waals surface area contributed by atoms with Crippen molar-refractivity contribution in [2.24, 2.45) is 5.41 Å². The average molecular weight is 378 g/mol. The minimum Gasteiger partial charge on any atom is -0.441 e. The molecule has 2 aromatic carbocycles. The van der Waals surface area contributed by atoms with Crippen LogP contribution < -0.4 is 0 Å². The summed E-state index contributed by atoms with van der Waals surface area (Å²) in [6.45, 7) is 11.3. The minimum absolute atomic E-state index is 0.0344. The van der Waals surface area contributed by atoms with E-state index >= 15 is 0 Å². The van der Waals surface area contributed by atoms with Crippen molar-refractivity contribution in [1.29, 1.82) is 0 Å². The lowest BCUT2D eigenvalue weighted by Gasteiger charge is -2.23. The van der Waals surface area contributed by atoms with Crippen LogP contribution in [0, 0.1) is 5.41 Å². The van der Waals surface area contributed by atoms with Gasteiger partial charge in [0.2, 0.25) is 0 Å². The first kappa shape index (κ1) is 18.2. The van der Waals surface area contributed by atoms with Crippen molar-refractivity contribution in [1.82, 2.24) is 4.98 Å². The van der Waals surface area contributed by atoms with E-state index in [4.69, 9.17) is 9.40 Å². The summed E-state index contributed by atoms with van der Waals surface area (Å²) in [4.78, 5) is 4.75. The Hall–Kier alpha value is -2.13. The Morgan fingerprint density at radius 2 is 1.74 bits per heavy atom. The number of oxazole rings is 1. The van der Waals surface area contributed by atoms with Crippen molar-refractivity contribution < 1.29 is 4.42 Å². The molecule has 140 valence electrons. The maximum atomic E-state index is 6.14. The fourth-order valence-electron chi connectivity index (χ4n) is 3.67. The minimum atomic E-state index is -0.0344. The van der Waals surface area contributed by atoms with Crippen LogP contribution in [-0.4, -0.2) is 4.98 Å². The molecule has 0 bridgehead atoms. The molecule has 0 unspecified atom stereocenters. The normalized spacial score (nSPS) is 12.9. The molecule has 0 N–H and O–H groups in total. The van der Waals surface area contributed by atoms with Gasteiger partial charge in [0, 0.05) is 11.1 Å². The maximum Gasteiger partial charge on any atom is 0.196 e. The number of benzene rings is 2. The number of aromatic nitrogens is 1. The Morgan fingerprint density at radius 1 is 0.926 bits per heavy atom. The van der Waals surface area contributed by atoms with Gasteiger partial charge in [-0.3, -0.25) is 0 Å². The topological polar surface area (TPSA) is 26.0 Å². The molecule has 0 saturated carbocycles. The molecule has 2 heterocycles. The zero-order valence-electron chi connectivity index (χ0n) is 16.8. The Bertz CT molecular complexity index is 1090. The van der Waals surface area contributed by atoms with Gasteiger partial charge in [-0.1, -0.05) is 52.8 Å². The van der Waals surface area contributed by atoms with Crippen molar-refractivity contribution in [3.05, 3.63) is 64.9 Å². The molecule has 4 rings (SSSR count). The Balaban J connectivity index is 1.61. The Morgan fingerprint density at radius 3 is 2.52 bits per heavy atom. The summed E-state index contributed by atoms with van der Waals surface area (Å²) in [5, 5.41) is 3.46. The van der Waals surface area contributed by atoms with E-state index in [2.05, 4.69) is 82.5 Å². The second-order valence-electron chi connectivity index (χ2n) is 9.38. The van der Waals surface area contributed by atoms with E-state index in [0.29, 0.717) is 0 Å². The molecular weight excluding hydrogens is 350 g/mol. The zero-order valence-corrected chi connectivity index (χ0v) is 17.6. The molecule has 0 atom stereocenters. The predicted octanol–water partition coefficient (Wildman–Crippen LogP) is 7.15. The monoisotopic (exact) mass is 377 g/mol. The molecule has 2 nitrogen and oxygen atoms in total. The lowest BCUT2D eigenvalue weighted by molar-refractivity contribution is 0.411. The van der Waals surface area contributed by atoms with Crippen molar-refractivity contribution in [3.63, 3.8) is 0 Å². The number of rotatable bonds is 4. The van der Waals surface area contributed by atoms with Crippen LogP contribution in [0.25, 0.3) is 21.2 Å². The Kier molecular flexibility index (Phi) is 4.38. The molecule has 0 radical (unpaired) electrons. The lowest BCUT2D eigenvalue weighted by Crippen LogP contribution is -2.20. The van der Waals surface area contributed by atoms with Crippen LogP contribution in [0.3, 0.4) is 0 Å². The third-order valence-corrected chi connectivity index (χ3v) is 5.94. The first-order valence-electron chi connectivity index (χ1n) is 9.56. The summed E-state index contributed by atoms with van der Waals surface area (Å²) >= 11 is 1.79. The molecule has 0 aliphatic heterocycles. The summed E-state index contributed by atoms with van der Waals surface area (Å²) in [6, 6.07) is 15.4. The van der Waals surface area contributed by atoms with Gasteiger partial charge >= 0.3 is 0 Å². The van der Waals surface area contributed by atoms with Gasteiger partial charge in [0.15, 0.2) is 11.5 Å². The first-order chi connectivity index (χ1) is 12.7.